The number of rotatable bonds is 8. The summed E-state index contributed by atoms with van der Waals surface area (Å²) in [6.45, 7) is 3.64. The molecule has 0 N–H and O–H groups in total. The van der Waals surface area contributed by atoms with E-state index in [0.717, 1.165) is 19.3 Å². The molecule has 0 radical (unpaired) electrons. The zero-order chi connectivity index (χ0) is 11.7. The van der Waals surface area contributed by atoms with Crippen LogP contribution in [0.25, 0.3) is 0 Å². The first-order valence-electron chi connectivity index (χ1n) is 6.30. The van der Waals surface area contributed by atoms with Crippen molar-refractivity contribution in [2.45, 2.75) is 51.9 Å². The Morgan fingerprint density at radius 3 is 2.38 bits per heavy atom. The normalized spacial score (nSPS) is 19.8. The van der Waals surface area contributed by atoms with Gasteiger partial charge in [0.25, 0.3) is 0 Å². The highest BCUT2D eigenvalue weighted by molar-refractivity contribution is 7.48. The molecule has 4 nitrogen and oxygen atoms in total. The second kappa shape index (κ2) is 8.24. The molecule has 1 fully saturated rings. The Morgan fingerprint density at radius 1 is 1.06 bits per heavy atom. The summed E-state index contributed by atoms with van der Waals surface area (Å²) in [6, 6.07) is 0. The van der Waals surface area contributed by atoms with Gasteiger partial charge in [-0.25, -0.2) is 4.57 Å². The SMILES string of the molecule is CCCCCCCCOP1(=O)OCCCO1. The summed E-state index contributed by atoms with van der Waals surface area (Å²) in [5, 5.41) is 0. The van der Waals surface area contributed by atoms with Crippen molar-refractivity contribution >= 4 is 7.82 Å². The minimum atomic E-state index is -3.17. The molecule has 0 saturated carbocycles. The molecular formula is C11H23O4P. The third-order valence-electron chi connectivity index (χ3n) is 2.53. The van der Waals surface area contributed by atoms with Crippen molar-refractivity contribution in [2.24, 2.45) is 0 Å². The van der Waals surface area contributed by atoms with Crippen LogP contribution in [0.4, 0.5) is 0 Å². The number of unbranched alkanes of at least 4 members (excludes halogenated alkanes) is 5. The predicted octanol–water partition coefficient (Wildman–Crippen LogP) is 3.91. The molecule has 1 rings (SSSR count). The van der Waals surface area contributed by atoms with E-state index in [4.69, 9.17) is 13.6 Å². The van der Waals surface area contributed by atoms with E-state index in [1.54, 1.807) is 0 Å². The molecule has 0 unspecified atom stereocenters. The maximum absolute atomic E-state index is 11.7. The highest BCUT2D eigenvalue weighted by atomic mass is 31.2. The van der Waals surface area contributed by atoms with Crippen molar-refractivity contribution in [3.63, 3.8) is 0 Å². The van der Waals surface area contributed by atoms with Crippen LogP contribution in [0.5, 0.6) is 0 Å². The lowest BCUT2D eigenvalue weighted by Gasteiger charge is -2.21. The predicted molar refractivity (Wildman–Crippen MR) is 63.5 cm³/mol. The summed E-state index contributed by atoms with van der Waals surface area (Å²) in [5.41, 5.74) is 0. The average Bonchev–Trinajstić information content (AvgIpc) is 2.29. The van der Waals surface area contributed by atoms with Gasteiger partial charge >= 0.3 is 7.82 Å². The summed E-state index contributed by atoms with van der Waals surface area (Å²) >= 11 is 0. The van der Waals surface area contributed by atoms with Crippen LogP contribution in [0.2, 0.25) is 0 Å². The monoisotopic (exact) mass is 250 g/mol. The highest BCUT2D eigenvalue weighted by Gasteiger charge is 2.29. The maximum Gasteiger partial charge on any atom is 0.474 e. The number of phosphoric acid groups is 1. The van der Waals surface area contributed by atoms with Gasteiger partial charge < -0.3 is 0 Å². The zero-order valence-corrected chi connectivity index (χ0v) is 11.0. The van der Waals surface area contributed by atoms with Gasteiger partial charge in [0.15, 0.2) is 0 Å². The van der Waals surface area contributed by atoms with Crippen LogP contribution in [-0.4, -0.2) is 19.8 Å². The van der Waals surface area contributed by atoms with Crippen LogP contribution in [0.15, 0.2) is 0 Å². The quantitative estimate of drug-likeness (QED) is 0.484. The first-order chi connectivity index (χ1) is 7.77. The Kier molecular flexibility index (Phi) is 7.30. The Labute approximate surface area is 98.3 Å². The summed E-state index contributed by atoms with van der Waals surface area (Å²) in [7, 11) is -3.17. The molecule has 0 bridgehead atoms. The zero-order valence-electron chi connectivity index (χ0n) is 10.2. The van der Waals surface area contributed by atoms with E-state index in [1.807, 2.05) is 0 Å². The minimum Gasteiger partial charge on any atom is -0.287 e. The van der Waals surface area contributed by atoms with E-state index >= 15 is 0 Å². The molecule has 0 amide bonds. The van der Waals surface area contributed by atoms with Gasteiger partial charge in [0.05, 0.1) is 19.8 Å². The Hall–Kier alpha value is 0.110. The molecule has 0 aromatic rings. The van der Waals surface area contributed by atoms with Crippen molar-refractivity contribution in [1.29, 1.82) is 0 Å². The highest BCUT2D eigenvalue weighted by Crippen LogP contribution is 2.51. The Balaban J connectivity index is 1.95. The van der Waals surface area contributed by atoms with Crippen LogP contribution < -0.4 is 0 Å². The van der Waals surface area contributed by atoms with E-state index in [-0.39, 0.29) is 0 Å². The fraction of sp³-hybridized carbons (Fsp3) is 1.00. The van der Waals surface area contributed by atoms with Gasteiger partial charge in [0.2, 0.25) is 0 Å². The van der Waals surface area contributed by atoms with Crippen LogP contribution >= 0.6 is 7.82 Å². The van der Waals surface area contributed by atoms with Gasteiger partial charge in [0, 0.05) is 0 Å². The van der Waals surface area contributed by atoms with E-state index < -0.39 is 7.82 Å². The first kappa shape index (κ1) is 14.2. The largest absolute Gasteiger partial charge is 0.474 e. The van der Waals surface area contributed by atoms with Crippen molar-refractivity contribution in [3.05, 3.63) is 0 Å². The third kappa shape index (κ3) is 6.00. The fourth-order valence-electron chi connectivity index (χ4n) is 1.58. The summed E-state index contributed by atoms with van der Waals surface area (Å²) < 4.78 is 26.9. The molecule has 0 atom stereocenters. The number of phosphoric ester groups is 1. The summed E-state index contributed by atoms with van der Waals surface area (Å²) in [5.74, 6) is 0. The molecule has 1 aliphatic heterocycles. The van der Waals surface area contributed by atoms with Crippen LogP contribution in [0.3, 0.4) is 0 Å². The standard InChI is InChI=1S/C11H23O4P/c1-2-3-4-5-6-7-9-13-16(12)14-10-8-11-15-16/h2-11H2,1H3. The molecule has 1 heterocycles. The minimum absolute atomic E-state index is 0.476. The van der Waals surface area contributed by atoms with Gasteiger partial charge in [-0.2, -0.15) is 0 Å². The molecule has 5 heteroatoms. The van der Waals surface area contributed by atoms with Crippen LogP contribution in [-0.2, 0) is 18.1 Å². The van der Waals surface area contributed by atoms with Crippen molar-refractivity contribution in [3.8, 4) is 0 Å². The lowest BCUT2D eigenvalue weighted by molar-refractivity contribution is 0.0738. The first-order valence-corrected chi connectivity index (χ1v) is 7.76. The molecule has 96 valence electrons. The molecule has 0 spiro atoms. The lowest BCUT2D eigenvalue weighted by atomic mass is 10.1. The second-order valence-corrected chi connectivity index (χ2v) is 5.74. The molecule has 1 aliphatic rings. The fourth-order valence-corrected chi connectivity index (χ4v) is 2.86. The smallest absolute Gasteiger partial charge is 0.287 e. The molecular weight excluding hydrogens is 227 g/mol. The van der Waals surface area contributed by atoms with Gasteiger partial charge in [0.1, 0.15) is 0 Å². The summed E-state index contributed by atoms with van der Waals surface area (Å²) in [4.78, 5) is 0. The van der Waals surface area contributed by atoms with E-state index in [9.17, 15) is 4.57 Å². The van der Waals surface area contributed by atoms with Crippen molar-refractivity contribution in [2.75, 3.05) is 19.8 Å². The number of hydrogen-bond acceptors (Lipinski definition) is 4. The molecule has 0 aromatic carbocycles. The molecule has 16 heavy (non-hydrogen) atoms. The van der Waals surface area contributed by atoms with Crippen molar-refractivity contribution in [1.82, 2.24) is 0 Å². The second-order valence-electron chi connectivity index (χ2n) is 4.07. The van der Waals surface area contributed by atoms with Gasteiger partial charge in [-0.15, -0.1) is 0 Å². The Bertz CT molecular complexity index is 210. The van der Waals surface area contributed by atoms with E-state index in [1.165, 1.54) is 25.7 Å². The Morgan fingerprint density at radius 2 is 1.69 bits per heavy atom. The van der Waals surface area contributed by atoms with Gasteiger partial charge in [-0.3, -0.25) is 13.6 Å². The molecule has 0 aliphatic carbocycles. The van der Waals surface area contributed by atoms with Crippen LogP contribution in [0, 0.1) is 0 Å². The lowest BCUT2D eigenvalue weighted by Crippen LogP contribution is -2.10. The summed E-state index contributed by atoms with van der Waals surface area (Å²) in [6.07, 6.45) is 7.91. The van der Waals surface area contributed by atoms with E-state index in [0.29, 0.717) is 19.8 Å². The van der Waals surface area contributed by atoms with Gasteiger partial charge in [-0.05, 0) is 12.8 Å². The average molecular weight is 250 g/mol. The topological polar surface area (TPSA) is 44.8 Å². The molecule has 1 saturated heterocycles. The van der Waals surface area contributed by atoms with Gasteiger partial charge in [-0.1, -0.05) is 39.0 Å². The number of hydrogen-bond donors (Lipinski definition) is 0. The maximum atomic E-state index is 11.7. The van der Waals surface area contributed by atoms with E-state index in [2.05, 4.69) is 6.92 Å². The van der Waals surface area contributed by atoms with Crippen molar-refractivity contribution < 1.29 is 18.1 Å². The molecule has 0 aromatic heterocycles. The third-order valence-corrected chi connectivity index (χ3v) is 4.03. The van der Waals surface area contributed by atoms with Crippen LogP contribution in [0.1, 0.15) is 51.9 Å².